The summed E-state index contributed by atoms with van der Waals surface area (Å²) in [5.74, 6) is -2.16. The van der Waals surface area contributed by atoms with E-state index in [9.17, 15) is 18.7 Å². The maximum Gasteiger partial charge on any atom is 0.356 e. The van der Waals surface area contributed by atoms with Crippen LogP contribution in [0.3, 0.4) is 0 Å². The van der Waals surface area contributed by atoms with Crippen LogP contribution < -0.4 is 4.74 Å². The molecule has 2 aromatic carbocycles. The molecule has 0 bridgehead atoms. The van der Waals surface area contributed by atoms with Crippen LogP contribution >= 0.6 is 0 Å². The molecule has 0 saturated heterocycles. The zero-order chi connectivity index (χ0) is 18.0. The molecule has 5 nitrogen and oxygen atoms in total. The van der Waals surface area contributed by atoms with Gasteiger partial charge in [0.05, 0.1) is 17.9 Å². The Labute approximate surface area is 142 Å². The second-order valence-corrected chi connectivity index (χ2v) is 5.18. The smallest absolute Gasteiger partial charge is 0.356 e. The Bertz CT molecular complexity index is 938. The molecule has 128 valence electrons. The van der Waals surface area contributed by atoms with Gasteiger partial charge in [-0.25, -0.2) is 18.6 Å². The van der Waals surface area contributed by atoms with Crippen LogP contribution in [0.4, 0.5) is 8.78 Å². The van der Waals surface area contributed by atoms with Crippen molar-refractivity contribution in [2.24, 2.45) is 0 Å². The van der Waals surface area contributed by atoms with Gasteiger partial charge in [0.15, 0.2) is 5.69 Å². The van der Waals surface area contributed by atoms with Crippen LogP contribution in [0.5, 0.6) is 5.75 Å². The minimum Gasteiger partial charge on any atom is -0.494 e. The average Bonchev–Trinajstić information content (AvgIpc) is 3.01. The van der Waals surface area contributed by atoms with Crippen LogP contribution in [-0.4, -0.2) is 27.2 Å². The number of hydrogen-bond acceptors (Lipinski definition) is 3. The molecule has 0 atom stereocenters. The molecule has 1 N–H and O–H groups in total. The van der Waals surface area contributed by atoms with E-state index in [1.807, 2.05) is 6.92 Å². The highest BCUT2D eigenvalue weighted by Crippen LogP contribution is 2.27. The van der Waals surface area contributed by atoms with Crippen LogP contribution in [0.1, 0.15) is 17.4 Å². The summed E-state index contributed by atoms with van der Waals surface area (Å²) >= 11 is 0. The predicted molar refractivity (Wildman–Crippen MR) is 87.0 cm³/mol. The third kappa shape index (κ3) is 3.35. The van der Waals surface area contributed by atoms with Crippen molar-refractivity contribution in [3.05, 3.63) is 66.0 Å². The fourth-order valence-corrected chi connectivity index (χ4v) is 2.43. The minimum absolute atomic E-state index is 0.00397. The van der Waals surface area contributed by atoms with Gasteiger partial charge in [-0.3, -0.25) is 4.57 Å². The maximum absolute atomic E-state index is 14.2. The topological polar surface area (TPSA) is 64.3 Å². The lowest BCUT2D eigenvalue weighted by Crippen LogP contribution is -1.99. The number of aromatic carboxylic acids is 1. The van der Waals surface area contributed by atoms with Crippen LogP contribution in [-0.2, 0) is 0 Å². The molecule has 1 heterocycles. The molecule has 1 aromatic heterocycles. The summed E-state index contributed by atoms with van der Waals surface area (Å²) in [6.07, 6.45) is 1.28. The summed E-state index contributed by atoms with van der Waals surface area (Å²) in [4.78, 5) is 15.3. The molecule has 3 rings (SSSR count). The van der Waals surface area contributed by atoms with Gasteiger partial charge < -0.3 is 9.84 Å². The first-order valence-electron chi connectivity index (χ1n) is 7.51. The molecular weight excluding hydrogens is 330 g/mol. The van der Waals surface area contributed by atoms with Gasteiger partial charge in [0.25, 0.3) is 0 Å². The Kier molecular flexibility index (Phi) is 4.47. The first kappa shape index (κ1) is 16.6. The van der Waals surface area contributed by atoms with Crippen LogP contribution in [0, 0.1) is 11.6 Å². The van der Waals surface area contributed by atoms with Gasteiger partial charge in [-0.1, -0.05) is 6.07 Å². The first-order valence-corrected chi connectivity index (χ1v) is 7.51. The summed E-state index contributed by atoms with van der Waals surface area (Å²) in [6.45, 7) is 2.30. The van der Waals surface area contributed by atoms with E-state index < -0.39 is 17.6 Å². The number of rotatable bonds is 5. The average molecular weight is 344 g/mol. The Morgan fingerprint density at radius 2 is 2.04 bits per heavy atom. The zero-order valence-electron chi connectivity index (χ0n) is 13.2. The van der Waals surface area contributed by atoms with Gasteiger partial charge in [-0.2, -0.15) is 0 Å². The molecule has 7 heteroatoms. The molecule has 0 radical (unpaired) electrons. The van der Waals surface area contributed by atoms with E-state index in [1.165, 1.54) is 16.8 Å². The first-order chi connectivity index (χ1) is 12.0. The van der Waals surface area contributed by atoms with Crippen LogP contribution in [0.25, 0.3) is 17.1 Å². The molecule has 3 aromatic rings. The highest BCUT2D eigenvalue weighted by Gasteiger charge is 2.19. The van der Waals surface area contributed by atoms with E-state index in [4.69, 9.17) is 4.74 Å². The van der Waals surface area contributed by atoms with Crippen molar-refractivity contribution in [2.45, 2.75) is 6.92 Å². The number of halogens is 2. The molecule has 0 spiro atoms. The summed E-state index contributed by atoms with van der Waals surface area (Å²) < 4.78 is 34.2. The van der Waals surface area contributed by atoms with Gasteiger partial charge in [0.2, 0.25) is 0 Å². The van der Waals surface area contributed by atoms with Crippen molar-refractivity contribution in [3.8, 4) is 22.8 Å². The monoisotopic (exact) mass is 344 g/mol. The number of aromatic nitrogens is 2. The van der Waals surface area contributed by atoms with Gasteiger partial charge in [-0.15, -0.1) is 0 Å². The Morgan fingerprint density at radius 3 is 2.72 bits per heavy atom. The third-order valence-corrected chi connectivity index (χ3v) is 3.50. The molecule has 0 saturated carbocycles. The largest absolute Gasteiger partial charge is 0.494 e. The minimum atomic E-state index is -1.25. The number of ether oxygens (including phenoxy) is 1. The van der Waals surface area contributed by atoms with E-state index in [0.29, 0.717) is 18.0 Å². The molecule has 25 heavy (non-hydrogen) atoms. The molecule has 0 amide bonds. The number of imidazole rings is 1. The van der Waals surface area contributed by atoms with E-state index in [0.717, 1.165) is 12.1 Å². The second kappa shape index (κ2) is 6.72. The number of carboxylic acid groups (broad SMARTS) is 1. The van der Waals surface area contributed by atoms with Crippen molar-refractivity contribution in [3.63, 3.8) is 0 Å². The van der Waals surface area contributed by atoms with E-state index in [1.54, 1.807) is 24.3 Å². The molecule has 0 aliphatic heterocycles. The number of benzene rings is 2. The van der Waals surface area contributed by atoms with Crippen LogP contribution in [0.15, 0.2) is 48.7 Å². The molecule has 0 aliphatic carbocycles. The lowest BCUT2D eigenvalue weighted by Gasteiger charge is -2.10. The van der Waals surface area contributed by atoms with Crippen molar-refractivity contribution < 1.29 is 23.4 Å². The number of carboxylic acids is 1. The Hall–Kier alpha value is -3.22. The quantitative estimate of drug-likeness (QED) is 0.762. The molecular formula is C18H14F2N2O3. The van der Waals surface area contributed by atoms with Gasteiger partial charge in [-0.05, 0) is 31.2 Å². The zero-order valence-corrected chi connectivity index (χ0v) is 13.2. The maximum atomic E-state index is 14.2. The highest BCUT2D eigenvalue weighted by molar-refractivity contribution is 5.86. The van der Waals surface area contributed by atoms with Crippen molar-refractivity contribution >= 4 is 5.97 Å². The molecule has 0 fully saturated rings. The van der Waals surface area contributed by atoms with Crippen LogP contribution in [0.2, 0.25) is 0 Å². The van der Waals surface area contributed by atoms with E-state index in [-0.39, 0.29) is 17.1 Å². The fourth-order valence-electron chi connectivity index (χ4n) is 2.43. The van der Waals surface area contributed by atoms with Gasteiger partial charge in [0.1, 0.15) is 23.2 Å². The SMILES string of the molecule is CCOc1cccc(-n2cc(C(=O)O)nc2-c2ccc(F)cc2F)c1. The van der Waals surface area contributed by atoms with Gasteiger partial charge in [0, 0.05) is 18.3 Å². The van der Waals surface area contributed by atoms with Crippen molar-refractivity contribution in [1.82, 2.24) is 9.55 Å². The summed E-state index contributed by atoms with van der Waals surface area (Å²) in [7, 11) is 0. The number of nitrogens with zero attached hydrogens (tertiary/aromatic N) is 2. The predicted octanol–water partition coefficient (Wildman–Crippen LogP) is 3.91. The van der Waals surface area contributed by atoms with E-state index in [2.05, 4.69) is 4.98 Å². The lowest BCUT2D eigenvalue weighted by atomic mass is 10.2. The lowest BCUT2D eigenvalue weighted by molar-refractivity contribution is 0.0691. The molecule has 0 unspecified atom stereocenters. The summed E-state index contributed by atoms with van der Waals surface area (Å²) in [5, 5.41) is 9.21. The van der Waals surface area contributed by atoms with Crippen molar-refractivity contribution in [1.29, 1.82) is 0 Å². The highest BCUT2D eigenvalue weighted by atomic mass is 19.1. The Morgan fingerprint density at radius 1 is 1.24 bits per heavy atom. The number of carbonyl (C=O) groups is 1. The van der Waals surface area contributed by atoms with Crippen molar-refractivity contribution in [2.75, 3.05) is 6.61 Å². The number of hydrogen-bond donors (Lipinski definition) is 1. The normalized spacial score (nSPS) is 10.7. The standard InChI is InChI=1S/C18H14F2N2O3/c1-2-25-13-5-3-4-12(9-13)22-10-16(18(23)24)21-17(22)14-7-6-11(19)8-15(14)20/h3-10H,2H2,1H3,(H,23,24). The van der Waals surface area contributed by atoms with Gasteiger partial charge >= 0.3 is 5.97 Å². The third-order valence-electron chi connectivity index (χ3n) is 3.50. The fraction of sp³-hybridized carbons (Fsp3) is 0.111. The summed E-state index contributed by atoms with van der Waals surface area (Å²) in [5.41, 5.74) is 0.293. The van der Waals surface area contributed by atoms with E-state index >= 15 is 0 Å². The second-order valence-electron chi connectivity index (χ2n) is 5.18. The molecule has 0 aliphatic rings. The summed E-state index contributed by atoms with van der Waals surface area (Å²) in [6, 6.07) is 9.91. The Balaban J connectivity index is 2.19.